The van der Waals surface area contributed by atoms with Gasteiger partial charge in [-0.2, -0.15) is 0 Å². The predicted octanol–water partition coefficient (Wildman–Crippen LogP) is 0.931. The highest BCUT2D eigenvalue weighted by Crippen LogP contribution is 2.39. The topological polar surface area (TPSA) is 94.8 Å². The number of carbonyl (C=O) groups excluding carboxylic acids is 2. The molecule has 0 aliphatic heterocycles. The van der Waals surface area contributed by atoms with Crippen molar-refractivity contribution in [3.8, 4) is 0 Å². The van der Waals surface area contributed by atoms with Gasteiger partial charge in [0.25, 0.3) is 0 Å². The van der Waals surface area contributed by atoms with Crippen LogP contribution in [0.3, 0.4) is 0 Å². The summed E-state index contributed by atoms with van der Waals surface area (Å²) in [7, 11) is 0. The van der Waals surface area contributed by atoms with E-state index < -0.39 is 23.8 Å². The first-order valence-electron chi connectivity index (χ1n) is 6.15. The van der Waals surface area contributed by atoms with Gasteiger partial charge in [-0.15, -0.1) is 0 Å². The van der Waals surface area contributed by atoms with Crippen molar-refractivity contribution in [1.82, 2.24) is 0 Å². The zero-order valence-corrected chi connectivity index (χ0v) is 10.5. The summed E-state index contributed by atoms with van der Waals surface area (Å²) in [6.07, 6.45) is 1.13. The van der Waals surface area contributed by atoms with Gasteiger partial charge in [-0.25, -0.2) is 0 Å². The Balaban J connectivity index is 2.32. The second-order valence-electron chi connectivity index (χ2n) is 4.94. The van der Waals surface area contributed by atoms with Gasteiger partial charge in [-0.05, 0) is 6.08 Å². The van der Waals surface area contributed by atoms with Gasteiger partial charge in [0.1, 0.15) is 11.4 Å². The van der Waals surface area contributed by atoms with Crippen molar-refractivity contribution in [1.29, 1.82) is 0 Å². The molecular formula is C15H12O5. The lowest BCUT2D eigenvalue weighted by molar-refractivity contribution is 0.0147. The number of ketones is 2. The monoisotopic (exact) mass is 272 g/mol. The van der Waals surface area contributed by atoms with Crippen molar-refractivity contribution in [3.05, 3.63) is 58.4 Å². The number of rotatable bonds is 1. The van der Waals surface area contributed by atoms with Crippen molar-refractivity contribution >= 4 is 11.6 Å². The van der Waals surface area contributed by atoms with Gasteiger partial charge in [-0.1, -0.05) is 24.3 Å². The smallest absolute Gasteiger partial charge is 0.198 e. The van der Waals surface area contributed by atoms with Crippen LogP contribution in [0, 0.1) is 0 Å². The summed E-state index contributed by atoms with van der Waals surface area (Å²) in [6.45, 7) is -0.698. The van der Waals surface area contributed by atoms with E-state index >= 15 is 0 Å². The van der Waals surface area contributed by atoms with E-state index in [1.807, 2.05) is 0 Å². The number of hydrogen-bond donors (Lipinski definition) is 3. The van der Waals surface area contributed by atoms with Crippen molar-refractivity contribution in [2.24, 2.45) is 0 Å². The van der Waals surface area contributed by atoms with Crippen molar-refractivity contribution in [2.75, 3.05) is 6.61 Å². The molecular weight excluding hydrogens is 260 g/mol. The lowest BCUT2D eigenvalue weighted by Gasteiger charge is -2.34. The molecule has 0 saturated carbocycles. The normalized spacial score (nSPS) is 25.2. The number of aliphatic hydroxyl groups is 3. The highest BCUT2D eigenvalue weighted by atomic mass is 16.3. The molecule has 0 heterocycles. The van der Waals surface area contributed by atoms with E-state index in [-0.39, 0.29) is 34.5 Å². The molecule has 0 aromatic heterocycles. The molecule has 0 radical (unpaired) electrons. The maximum Gasteiger partial charge on any atom is 0.198 e. The van der Waals surface area contributed by atoms with E-state index in [1.54, 1.807) is 12.1 Å². The number of allylic oxidation sites excluding steroid dienone is 1. The van der Waals surface area contributed by atoms with Crippen LogP contribution in [0.4, 0.5) is 0 Å². The fraction of sp³-hybridized carbons (Fsp3) is 0.200. The number of Topliss-reactive ketones (excluding diaryl/α,β-unsaturated/α-hetero) is 2. The Morgan fingerprint density at radius 2 is 1.70 bits per heavy atom. The van der Waals surface area contributed by atoms with Crippen LogP contribution in [0.5, 0.6) is 0 Å². The lowest BCUT2D eigenvalue weighted by Crippen LogP contribution is -2.44. The third-order valence-corrected chi connectivity index (χ3v) is 3.74. The molecule has 1 atom stereocenters. The minimum atomic E-state index is -1.83. The molecule has 1 aromatic carbocycles. The summed E-state index contributed by atoms with van der Waals surface area (Å²) in [5.41, 5.74) is -1.89. The van der Waals surface area contributed by atoms with Crippen molar-refractivity contribution < 1.29 is 24.9 Å². The standard InChI is InChI=1S/C15H12O5/c16-7-15(20)6-5-10(17)11-12(15)14(19)9-4-2-1-3-8(9)13(11)18/h1-5,16-17,20H,6-7H2. The highest BCUT2D eigenvalue weighted by molar-refractivity contribution is 6.29. The van der Waals surface area contributed by atoms with Gasteiger partial charge in [0.05, 0.1) is 12.2 Å². The first-order chi connectivity index (χ1) is 9.49. The lowest BCUT2D eigenvalue weighted by atomic mass is 9.72. The van der Waals surface area contributed by atoms with Crippen LogP contribution in [-0.4, -0.2) is 39.1 Å². The first kappa shape index (κ1) is 12.8. The van der Waals surface area contributed by atoms with E-state index in [0.29, 0.717) is 0 Å². The van der Waals surface area contributed by atoms with Gasteiger partial charge in [0.15, 0.2) is 11.6 Å². The number of benzene rings is 1. The third kappa shape index (κ3) is 1.51. The molecule has 1 unspecified atom stereocenters. The second-order valence-corrected chi connectivity index (χ2v) is 4.94. The minimum Gasteiger partial charge on any atom is -0.508 e. The summed E-state index contributed by atoms with van der Waals surface area (Å²) < 4.78 is 0. The average Bonchev–Trinajstić information content (AvgIpc) is 2.47. The molecule has 3 rings (SSSR count). The van der Waals surface area contributed by atoms with Gasteiger partial charge in [-0.3, -0.25) is 9.59 Å². The summed E-state index contributed by atoms with van der Waals surface area (Å²) in [5.74, 6) is -1.38. The van der Waals surface area contributed by atoms with Gasteiger partial charge < -0.3 is 15.3 Å². The van der Waals surface area contributed by atoms with Crippen molar-refractivity contribution in [3.63, 3.8) is 0 Å². The molecule has 2 aliphatic carbocycles. The molecule has 2 aliphatic rings. The Hall–Kier alpha value is -2.24. The van der Waals surface area contributed by atoms with E-state index in [0.717, 1.165) is 0 Å². The van der Waals surface area contributed by atoms with Crippen LogP contribution in [0.1, 0.15) is 27.1 Å². The zero-order valence-electron chi connectivity index (χ0n) is 10.5. The predicted molar refractivity (Wildman–Crippen MR) is 69.5 cm³/mol. The van der Waals surface area contributed by atoms with Crippen LogP contribution < -0.4 is 0 Å². The fourth-order valence-electron chi connectivity index (χ4n) is 2.68. The van der Waals surface area contributed by atoms with E-state index in [9.17, 15) is 24.9 Å². The van der Waals surface area contributed by atoms with Crippen LogP contribution in [0.15, 0.2) is 47.2 Å². The van der Waals surface area contributed by atoms with Crippen LogP contribution in [0.2, 0.25) is 0 Å². The molecule has 102 valence electrons. The summed E-state index contributed by atoms with van der Waals surface area (Å²) in [4.78, 5) is 24.9. The number of carbonyl (C=O) groups is 2. The molecule has 0 amide bonds. The molecule has 0 spiro atoms. The van der Waals surface area contributed by atoms with E-state index in [4.69, 9.17) is 0 Å². The molecule has 20 heavy (non-hydrogen) atoms. The number of aliphatic hydroxyl groups excluding tert-OH is 2. The molecule has 5 nitrogen and oxygen atoms in total. The van der Waals surface area contributed by atoms with Gasteiger partial charge in [0.2, 0.25) is 0 Å². The molecule has 0 bridgehead atoms. The molecule has 1 aromatic rings. The van der Waals surface area contributed by atoms with Crippen molar-refractivity contribution in [2.45, 2.75) is 12.0 Å². The van der Waals surface area contributed by atoms with E-state index in [2.05, 4.69) is 0 Å². The van der Waals surface area contributed by atoms with E-state index in [1.165, 1.54) is 18.2 Å². The Morgan fingerprint density at radius 3 is 2.30 bits per heavy atom. The number of hydrogen-bond acceptors (Lipinski definition) is 5. The minimum absolute atomic E-state index is 0.116. The van der Waals surface area contributed by atoms with Crippen LogP contribution in [-0.2, 0) is 0 Å². The fourth-order valence-corrected chi connectivity index (χ4v) is 2.68. The Bertz CT molecular complexity index is 698. The quantitative estimate of drug-likeness (QED) is 0.707. The Labute approximate surface area is 114 Å². The summed E-state index contributed by atoms with van der Waals surface area (Å²) in [5, 5.41) is 29.6. The van der Waals surface area contributed by atoms with Gasteiger partial charge in [0, 0.05) is 23.1 Å². The molecule has 5 heteroatoms. The molecule has 3 N–H and O–H groups in total. The Morgan fingerprint density at radius 1 is 1.10 bits per heavy atom. The highest BCUT2D eigenvalue weighted by Gasteiger charge is 2.46. The Kier molecular flexibility index (Phi) is 2.64. The number of fused-ring (bicyclic) bond motifs is 1. The molecule has 0 fully saturated rings. The second kappa shape index (κ2) is 4.13. The zero-order chi connectivity index (χ0) is 14.5. The maximum absolute atomic E-state index is 12.5. The van der Waals surface area contributed by atoms with Gasteiger partial charge >= 0.3 is 0 Å². The maximum atomic E-state index is 12.5. The summed E-state index contributed by atoms with van der Waals surface area (Å²) in [6, 6.07) is 6.23. The third-order valence-electron chi connectivity index (χ3n) is 3.74. The SMILES string of the molecule is O=C1C2=C(C(=O)c3ccccc31)C(O)(CO)CC=C2O. The largest absolute Gasteiger partial charge is 0.508 e. The summed E-state index contributed by atoms with van der Waals surface area (Å²) >= 11 is 0. The average molecular weight is 272 g/mol. The molecule has 0 saturated heterocycles. The van der Waals surface area contributed by atoms with Crippen LogP contribution >= 0.6 is 0 Å². The first-order valence-corrected chi connectivity index (χ1v) is 6.15. The van der Waals surface area contributed by atoms with Crippen LogP contribution in [0.25, 0.3) is 0 Å².